The van der Waals surface area contributed by atoms with Crippen LogP contribution in [-0.4, -0.2) is 29.4 Å². The van der Waals surface area contributed by atoms with E-state index in [1.54, 1.807) is 19.5 Å². The van der Waals surface area contributed by atoms with E-state index < -0.39 is 7.14 Å². The number of nitrogens with zero attached hydrogens (tertiary/aromatic N) is 2. The fourth-order valence-electron chi connectivity index (χ4n) is 4.17. The molecule has 3 aromatic rings. The van der Waals surface area contributed by atoms with Gasteiger partial charge in [0, 0.05) is 11.0 Å². The highest BCUT2D eigenvalue weighted by atomic mass is 35.5. The summed E-state index contributed by atoms with van der Waals surface area (Å²) in [6.07, 6.45) is 7.60. The van der Waals surface area contributed by atoms with Crippen molar-refractivity contribution in [2.75, 3.05) is 24.0 Å². The molecule has 0 unspecified atom stereocenters. The van der Waals surface area contributed by atoms with E-state index >= 15 is 0 Å². The Morgan fingerprint density at radius 2 is 1.76 bits per heavy atom. The number of halogens is 1. The second-order valence-electron chi connectivity index (χ2n) is 9.38. The van der Waals surface area contributed by atoms with Crippen molar-refractivity contribution in [1.82, 2.24) is 9.97 Å². The molecule has 180 valence electrons. The van der Waals surface area contributed by atoms with Gasteiger partial charge in [0.25, 0.3) is 0 Å². The van der Waals surface area contributed by atoms with Crippen LogP contribution in [0.3, 0.4) is 0 Å². The zero-order valence-electron chi connectivity index (χ0n) is 20.2. The smallest absolute Gasteiger partial charge is 0.229 e. The van der Waals surface area contributed by atoms with Crippen molar-refractivity contribution < 1.29 is 9.30 Å². The Hall–Kier alpha value is -2.56. The lowest BCUT2D eigenvalue weighted by Gasteiger charge is -2.18. The van der Waals surface area contributed by atoms with Crippen LogP contribution in [0.25, 0.3) is 0 Å². The minimum absolute atomic E-state index is 0.0256. The molecule has 6 nitrogen and oxygen atoms in total. The van der Waals surface area contributed by atoms with Crippen LogP contribution >= 0.6 is 18.7 Å². The minimum atomic E-state index is -2.60. The van der Waals surface area contributed by atoms with Crippen molar-refractivity contribution >= 4 is 47.2 Å². The number of nitrogens with one attached hydrogen (secondary N) is 2. The van der Waals surface area contributed by atoms with Gasteiger partial charge in [-0.05, 0) is 94.3 Å². The van der Waals surface area contributed by atoms with Gasteiger partial charge < -0.3 is 19.9 Å². The molecule has 1 aromatic heterocycles. The maximum atomic E-state index is 13.0. The monoisotopic (exact) mass is 498 g/mol. The first-order valence-corrected chi connectivity index (χ1v) is 14.7. The number of benzene rings is 2. The second kappa shape index (κ2) is 10.4. The summed E-state index contributed by atoms with van der Waals surface area (Å²) in [4.78, 5) is 8.96. The molecule has 1 aliphatic rings. The fourth-order valence-corrected chi connectivity index (χ4v) is 5.45. The normalized spacial score (nSPS) is 13.8. The van der Waals surface area contributed by atoms with Crippen LogP contribution in [0.15, 0.2) is 42.6 Å². The van der Waals surface area contributed by atoms with E-state index in [0.29, 0.717) is 33.5 Å². The third kappa shape index (κ3) is 6.11. The van der Waals surface area contributed by atoms with E-state index in [4.69, 9.17) is 16.3 Å². The van der Waals surface area contributed by atoms with Crippen molar-refractivity contribution in [3.05, 3.63) is 58.7 Å². The molecule has 2 aromatic carbocycles. The summed E-state index contributed by atoms with van der Waals surface area (Å²) >= 11 is 6.42. The third-order valence-electron chi connectivity index (χ3n) is 5.77. The summed E-state index contributed by atoms with van der Waals surface area (Å²) in [5.41, 5.74) is 4.46. The number of rotatable bonds is 7. The standard InChI is InChI=1S/C26H32ClN4O2P/c1-17(2)33-21-12-13-23(24(15-21)34(3,4)32)30-25-22(27)16-28-26(31-25)29-20-11-10-18-8-6-5-7-9-19(18)14-20/h10-17H,5-9H2,1-4H3,(H2,28,29,30,31). The summed E-state index contributed by atoms with van der Waals surface area (Å²) in [5, 5.41) is 7.63. The lowest BCUT2D eigenvalue weighted by molar-refractivity contribution is 0.242. The Bertz CT molecular complexity index is 1230. The fraction of sp³-hybridized carbons (Fsp3) is 0.385. The third-order valence-corrected chi connectivity index (χ3v) is 7.58. The topological polar surface area (TPSA) is 76.1 Å². The van der Waals surface area contributed by atoms with E-state index in [0.717, 1.165) is 18.5 Å². The van der Waals surface area contributed by atoms with Gasteiger partial charge in [0.2, 0.25) is 5.95 Å². The molecule has 4 rings (SSSR count). The highest BCUT2D eigenvalue weighted by Gasteiger charge is 2.19. The zero-order valence-corrected chi connectivity index (χ0v) is 21.8. The van der Waals surface area contributed by atoms with E-state index in [2.05, 4.69) is 38.8 Å². The van der Waals surface area contributed by atoms with E-state index in [9.17, 15) is 4.57 Å². The lowest BCUT2D eigenvalue weighted by Crippen LogP contribution is -2.13. The first-order chi connectivity index (χ1) is 16.2. The quantitative estimate of drug-likeness (QED) is 0.272. The molecule has 0 saturated carbocycles. The van der Waals surface area contributed by atoms with E-state index in [-0.39, 0.29) is 6.10 Å². The first kappa shape index (κ1) is 24.6. The maximum absolute atomic E-state index is 13.0. The second-order valence-corrected chi connectivity index (χ2v) is 13.0. The Balaban J connectivity index is 1.60. The number of hydrogen-bond acceptors (Lipinski definition) is 6. The van der Waals surface area contributed by atoms with Gasteiger partial charge in [0.1, 0.15) is 17.9 Å². The number of fused-ring (bicyclic) bond motifs is 1. The average Bonchev–Trinajstić information content (AvgIpc) is 3.01. The molecule has 34 heavy (non-hydrogen) atoms. The SMILES string of the molecule is CC(C)Oc1ccc(Nc2nc(Nc3ccc4c(c3)CCCCC4)ncc2Cl)c(P(C)(C)=O)c1. The average molecular weight is 499 g/mol. The van der Waals surface area contributed by atoms with Gasteiger partial charge in [-0.3, -0.25) is 0 Å². The minimum Gasteiger partial charge on any atom is -0.491 e. The van der Waals surface area contributed by atoms with Gasteiger partial charge in [0.05, 0.1) is 18.0 Å². The number of aryl methyl sites for hydroxylation is 2. The van der Waals surface area contributed by atoms with Gasteiger partial charge in [0.15, 0.2) is 5.82 Å². The van der Waals surface area contributed by atoms with Crippen LogP contribution in [0.4, 0.5) is 23.1 Å². The van der Waals surface area contributed by atoms with Gasteiger partial charge >= 0.3 is 0 Å². The summed E-state index contributed by atoms with van der Waals surface area (Å²) < 4.78 is 18.8. The van der Waals surface area contributed by atoms with Crippen molar-refractivity contribution in [3.8, 4) is 5.75 Å². The van der Waals surface area contributed by atoms with Crippen molar-refractivity contribution in [1.29, 1.82) is 0 Å². The summed E-state index contributed by atoms with van der Waals surface area (Å²) in [7, 11) is -2.60. The zero-order chi connectivity index (χ0) is 24.3. The molecule has 0 amide bonds. The summed E-state index contributed by atoms with van der Waals surface area (Å²) in [6.45, 7) is 7.39. The van der Waals surface area contributed by atoms with Crippen LogP contribution in [0.1, 0.15) is 44.2 Å². The molecule has 0 saturated heterocycles. The Kier molecular flexibility index (Phi) is 7.49. The Labute approximate surface area is 206 Å². The molecule has 2 N–H and O–H groups in total. The molecule has 0 radical (unpaired) electrons. The maximum Gasteiger partial charge on any atom is 0.229 e. The van der Waals surface area contributed by atoms with Crippen LogP contribution in [0, 0.1) is 0 Å². The summed E-state index contributed by atoms with van der Waals surface area (Å²) in [6, 6.07) is 12.0. The molecule has 8 heteroatoms. The molecule has 0 aliphatic heterocycles. The summed E-state index contributed by atoms with van der Waals surface area (Å²) in [5.74, 6) is 1.57. The van der Waals surface area contributed by atoms with Crippen molar-refractivity contribution in [2.45, 2.75) is 52.1 Å². The number of ether oxygens (including phenoxy) is 1. The van der Waals surface area contributed by atoms with Crippen LogP contribution in [-0.2, 0) is 17.4 Å². The van der Waals surface area contributed by atoms with Crippen molar-refractivity contribution in [3.63, 3.8) is 0 Å². The van der Waals surface area contributed by atoms with Gasteiger partial charge in [-0.25, -0.2) is 4.98 Å². The predicted octanol–water partition coefficient (Wildman–Crippen LogP) is 6.92. The number of hydrogen-bond donors (Lipinski definition) is 2. The lowest BCUT2D eigenvalue weighted by atomic mass is 10.0. The largest absolute Gasteiger partial charge is 0.491 e. The highest BCUT2D eigenvalue weighted by Crippen LogP contribution is 2.40. The van der Waals surface area contributed by atoms with Gasteiger partial charge in [-0.2, -0.15) is 4.98 Å². The molecule has 1 aliphatic carbocycles. The van der Waals surface area contributed by atoms with Crippen LogP contribution in [0.2, 0.25) is 5.02 Å². The number of anilines is 4. The molecule has 0 fully saturated rings. The van der Waals surface area contributed by atoms with Crippen LogP contribution < -0.4 is 20.7 Å². The molecule has 0 atom stereocenters. The van der Waals surface area contributed by atoms with Gasteiger partial charge in [-0.1, -0.05) is 24.1 Å². The molecule has 0 spiro atoms. The Morgan fingerprint density at radius 1 is 1.00 bits per heavy atom. The van der Waals surface area contributed by atoms with Crippen LogP contribution in [0.5, 0.6) is 5.75 Å². The van der Waals surface area contributed by atoms with Crippen molar-refractivity contribution in [2.24, 2.45) is 0 Å². The highest BCUT2D eigenvalue weighted by molar-refractivity contribution is 7.70. The molecule has 1 heterocycles. The Morgan fingerprint density at radius 3 is 2.50 bits per heavy atom. The number of aromatic nitrogens is 2. The predicted molar refractivity (Wildman–Crippen MR) is 143 cm³/mol. The molecule has 0 bridgehead atoms. The molecular formula is C26H32ClN4O2P. The van der Waals surface area contributed by atoms with Gasteiger partial charge in [-0.15, -0.1) is 0 Å². The first-order valence-electron chi connectivity index (χ1n) is 11.7. The van der Waals surface area contributed by atoms with E-state index in [1.165, 1.54) is 30.4 Å². The van der Waals surface area contributed by atoms with E-state index in [1.807, 2.05) is 32.0 Å². The molecular weight excluding hydrogens is 467 g/mol.